The van der Waals surface area contributed by atoms with Crippen LogP contribution in [0.25, 0.3) is 0 Å². The second kappa shape index (κ2) is 15.7. The van der Waals surface area contributed by atoms with Gasteiger partial charge in [-0.15, -0.1) is 0 Å². The zero-order valence-electron chi connectivity index (χ0n) is 3.70. The van der Waals surface area contributed by atoms with E-state index in [0.717, 1.165) is 0 Å². The van der Waals surface area contributed by atoms with Crippen LogP contribution in [0.2, 0.25) is 0 Å². The van der Waals surface area contributed by atoms with Crippen LogP contribution in [0.5, 0.6) is 0 Å². The van der Waals surface area contributed by atoms with Gasteiger partial charge in [0.15, 0.2) is 0 Å². The maximum atomic E-state index is 8.56. The summed E-state index contributed by atoms with van der Waals surface area (Å²) in [6.45, 7) is 0. The fourth-order valence-electron chi connectivity index (χ4n) is 0. The number of rotatable bonds is 0. The van der Waals surface area contributed by atoms with Crippen molar-refractivity contribution in [2.45, 2.75) is 0 Å². The van der Waals surface area contributed by atoms with E-state index in [1.54, 1.807) is 0 Å². The second-order valence-electron chi connectivity index (χ2n) is 0.283. The predicted octanol–water partition coefficient (Wildman–Crippen LogP) is -0.163. The molecule has 0 unspecified atom stereocenters. The molecule has 0 amide bonds. The molecule has 2 N–H and O–H groups in total. The zero-order valence-corrected chi connectivity index (χ0v) is 8.09. The molecule has 0 heterocycles. The van der Waals surface area contributed by atoms with E-state index in [-0.39, 0.29) is 63.6 Å². The first kappa shape index (κ1) is 23.8. The van der Waals surface area contributed by atoms with Gasteiger partial charge in [-0.05, 0) is 0 Å². The Morgan fingerprint density at radius 3 is 1.14 bits per heavy atom. The van der Waals surface area contributed by atoms with Gasteiger partial charge in [-0.3, -0.25) is 0 Å². The predicted molar refractivity (Wildman–Crippen MR) is 16.4 cm³/mol. The average molecular weight is 255 g/mol. The van der Waals surface area contributed by atoms with Gasteiger partial charge in [0, 0.05) is 63.6 Å². The summed E-state index contributed by atoms with van der Waals surface area (Å²) in [5.41, 5.74) is 0. The van der Waals surface area contributed by atoms with Gasteiger partial charge < -0.3 is 10.2 Å². The molecule has 0 saturated carbocycles. The third-order valence-corrected chi connectivity index (χ3v) is 0. The SMILES string of the molecule is O=C(O)O.[Li].[Nb].[Nb]. The summed E-state index contributed by atoms with van der Waals surface area (Å²) in [4.78, 5) is 8.56. The zero-order chi connectivity index (χ0) is 3.58. The third kappa shape index (κ3) is 116. The van der Waals surface area contributed by atoms with Crippen LogP contribution in [-0.4, -0.2) is 35.2 Å². The van der Waals surface area contributed by atoms with Crippen molar-refractivity contribution in [2.24, 2.45) is 0 Å². The minimum absolute atomic E-state index is 0. The van der Waals surface area contributed by atoms with Crippen LogP contribution >= 0.6 is 0 Å². The number of hydrogen-bond donors (Lipinski definition) is 2. The van der Waals surface area contributed by atoms with Crippen molar-refractivity contribution >= 4 is 25.0 Å². The van der Waals surface area contributed by atoms with Crippen LogP contribution in [0.15, 0.2) is 0 Å². The molecule has 0 aromatic carbocycles. The molecule has 0 rings (SSSR count). The number of carbonyl (C=O) groups is 1. The van der Waals surface area contributed by atoms with E-state index in [4.69, 9.17) is 15.0 Å². The van der Waals surface area contributed by atoms with E-state index in [1.807, 2.05) is 0 Å². The van der Waals surface area contributed by atoms with Gasteiger partial charge in [-0.1, -0.05) is 0 Å². The van der Waals surface area contributed by atoms with Gasteiger partial charge in [-0.2, -0.15) is 0 Å². The van der Waals surface area contributed by atoms with E-state index >= 15 is 0 Å². The van der Waals surface area contributed by atoms with Crippen molar-refractivity contribution in [2.75, 3.05) is 0 Å². The van der Waals surface area contributed by atoms with Crippen molar-refractivity contribution in [3.8, 4) is 0 Å². The van der Waals surface area contributed by atoms with E-state index in [1.165, 1.54) is 0 Å². The van der Waals surface area contributed by atoms with Gasteiger partial charge in [0.2, 0.25) is 0 Å². The molecule has 0 spiro atoms. The number of hydrogen-bond acceptors (Lipinski definition) is 1. The quantitative estimate of drug-likeness (QED) is 0.591. The maximum Gasteiger partial charge on any atom is 0.503 e. The van der Waals surface area contributed by atoms with Gasteiger partial charge in [-0.25, -0.2) is 4.79 Å². The molecule has 0 bridgehead atoms. The molecule has 0 aliphatic heterocycles. The molecule has 0 aliphatic rings. The maximum absolute atomic E-state index is 8.56. The van der Waals surface area contributed by atoms with E-state index in [2.05, 4.69) is 0 Å². The smallest absolute Gasteiger partial charge is 0.450 e. The van der Waals surface area contributed by atoms with Gasteiger partial charge in [0.25, 0.3) is 0 Å². The average Bonchev–Trinajstić information content (AvgIpc) is 0.811. The first-order valence-electron chi connectivity index (χ1n) is 0.651. The van der Waals surface area contributed by atoms with Crippen molar-refractivity contribution in [3.05, 3.63) is 0 Å². The molecule has 7 heavy (non-hydrogen) atoms. The van der Waals surface area contributed by atoms with Crippen molar-refractivity contribution in [1.29, 1.82) is 0 Å². The minimum atomic E-state index is -1.83. The molecular weight excluding hydrogens is 253 g/mol. The third-order valence-electron chi connectivity index (χ3n) is 0. The molecule has 35 valence electrons. The summed E-state index contributed by atoms with van der Waals surface area (Å²) >= 11 is 0. The normalized spacial score (nSPS) is 3.43. The fourth-order valence-corrected chi connectivity index (χ4v) is 0. The summed E-state index contributed by atoms with van der Waals surface area (Å²) in [5.74, 6) is 0. The molecule has 0 saturated heterocycles. The van der Waals surface area contributed by atoms with Crippen LogP contribution in [0.1, 0.15) is 0 Å². The molecule has 3 nitrogen and oxygen atoms in total. The van der Waals surface area contributed by atoms with Crippen LogP contribution in [0.3, 0.4) is 0 Å². The van der Waals surface area contributed by atoms with Crippen LogP contribution in [-0.2, 0) is 44.8 Å². The second-order valence-corrected chi connectivity index (χ2v) is 0.283. The largest absolute Gasteiger partial charge is 0.503 e. The topological polar surface area (TPSA) is 57.5 Å². The monoisotopic (exact) mass is 255 g/mol. The molecule has 0 atom stereocenters. The van der Waals surface area contributed by atoms with Crippen molar-refractivity contribution in [1.82, 2.24) is 0 Å². The van der Waals surface area contributed by atoms with E-state index in [0.29, 0.717) is 0 Å². The van der Waals surface area contributed by atoms with E-state index < -0.39 is 6.16 Å². The summed E-state index contributed by atoms with van der Waals surface area (Å²) in [6.07, 6.45) is -1.83. The van der Waals surface area contributed by atoms with Crippen LogP contribution in [0, 0.1) is 0 Å². The molecule has 0 aromatic rings. The van der Waals surface area contributed by atoms with Crippen molar-refractivity contribution < 1.29 is 59.8 Å². The Morgan fingerprint density at radius 1 is 1.14 bits per heavy atom. The molecule has 0 aliphatic carbocycles. The standard InChI is InChI=1S/CH2O3.Li.2Nb/c2-1(3)4;;;/h(H2,2,3,4);;;. The molecule has 0 aromatic heterocycles. The van der Waals surface area contributed by atoms with Gasteiger partial charge in [0.05, 0.1) is 0 Å². The summed E-state index contributed by atoms with van der Waals surface area (Å²) in [7, 11) is 0. The first-order chi connectivity index (χ1) is 1.73. The Bertz CT molecular complexity index is 35.9. The van der Waals surface area contributed by atoms with Gasteiger partial charge in [0.1, 0.15) is 0 Å². The van der Waals surface area contributed by atoms with E-state index in [9.17, 15) is 0 Å². The molecule has 3 radical (unpaired) electrons. The van der Waals surface area contributed by atoms with Crippen molar-refractivity contribution in [3.63, 3.8) is 0 Å². The Hall–Kier alpha value is 1.35. The fraction of sp³-hybridized carbons (Fsp3) is 0. The van der Waals surface area contributed by atoms with Gasteiger partial charge >= 0.3 is 6.16 Å². The van der Waals surface area contributed by atoms with Crippen LogP contribution < -0.4 is 0 Å². The summed E-state index contributed by atoms with van der Waals surface area (Å²) in [5, 5.41) is 13.9. The minimum Gasteiger partial charge on any atom is -0.450 e. The Kier molecular flexibility index (Phi) is 53.3. The molecular formula is CH2LiNb2O3. The summed E-state index contributed by atoms with van der Waals surface area (Å²) in [6, 6.07) is 0. The summed E-state index contributed by atoms with van der Waals surface area (Å²) < 4.78 is 0. The van der Waals surface area contributed by atoms with Crippen LogP contribution in [0.4, 0.5) is 4.79 Å². The Balaban J connectivity index is -0.0000000150. The molecule has 6 heteroatoms. The first-order valence-corrected chi connectivity index (χ1v) is 0.651. The number of carboxylic acid groups (broad SMARTS) is 2. The molecule has 0 fully saturated rings. The Labute approximate surface area is 84.1 Å². The Morgan fingerprint density at radius 2 is 1.14 bits per heavy atom.